The van der Waals surface area contributed by atoms with E-state index >= 15 is 0 Å². The normalized spacial score (nSPS) is 16.3. The summed E-state index contributed by atoms with van der Waals surface area (Å²) in [6.07, 6.45) is 0. The van der Waals surface area contributed by atoms with Crippen LogP contribution in [0.2, 0.25) is 0 Å². The summed E-state index contributed by atoms with van der Waals surface area (Å²) in [5, 5.41) is 0.237. The molecule has 0 unspecified atom stereocenters. The first kappa shape index (κ1) is 9.49. The third kappa shape index (κ3) is 1.89. The van der Waals surface area contributed by atoms with Crippen LogP contribution in [0.4, 0.5) is 0 Å². The van der Waals surface area contributed by atoms with Gasteiger partial charge in [-0.2, -0.15) is 4.99 Å². The van der Waals surface area contributed by atoms with Crippen molar-refractivity contribution in [1.82, 2.24) is 4.42 Å². The van der Waals surface area contributed by atoms with Gasteiger partial charge in [-0.3, -0.25) is 0 Å². The molecule has 5 heteroatoms. The fourth-order valence-corrected chi connectivity index (χ4v) is 1.48. The van der Waals surface area contributed by atoms with E-state index in [9.17, 15) is 0 Å². The smallest absolute Gasteiger partial charge is 0.221 e. The molecule has 0 aromatic heterocycles. The summed E-state index contributed by atoms with van der Waals surface area (Å²) < 4.78 is 1.43. The maximum Gasteiger partial charge on any atom is 0.221 e. The zero-order chi connectivity index (χ0) is 9.97. The molecule has 1 aliphatic heterocycles. The Labute approximate surface area is 91.8 Å². The van der Waals surface area contributed by atoms with Gasteiger partial charge in [0.1, 0.15) is 6.67 Å². The highest BCUT2D eigenvalue weighted by molar-refractivity contribution is 6.66. The minimum absolute atomic E-state index is 0.237. The number of nitrogens with zero attached hydrogens (tertiary/aromatic N) is 3. The van der Waals surface area contributed by atoms with E-state index in [2.05, 4.69) is 9.98 Å². The molecule has 2 rings (SSSR count). The summed E-state index contributed by atoms with van der Waals surface area (Å²) in [6.45, 7) is 0.327. The highest BCUT2D eigenvalue weighted by Gasteiger charge is 2.15. The van der Waals surface area contributed by atoms with Gasteiger partial charge in [-0.15, -0.1) is 0 Å². The third-order valence-electron chi connectivity index (χ3n) is 1.79. The second kappa shape index (κ2) is 3.98. The summed E-state index contributed by atoms with van der Waals surface area (Å²) >= 11 is 11.6. The number of hydrogen-bond acceptors (Lipinski definition) is 3. The molecule has 0 spiro atoms. The van der Waals surface area contributed by atoms with Gasteiger partial charge in [0.2, 0.25) is 5.29 Å². The first-order chi connectivity index (χ1) is 6.77. The van der Waals surface area contributed by atoms with Crippen LogP contribution in [0, 0.1) is 0 Å². The molecule has 0 atom stereocenters. The standard InChI is InChI=1S/C9H7Cl2N3/c10-9-12-6-14(11)8(13-9)7-4-2-1-3-5-7/h1-5H,6H2. The topological polar surface area (TPSA) is 28.0 Å². The van der Waals surface area contributed by atoms with E-state index in [0.717, 1.165) is 5.56 Å². The van der Waals surface area contributed by atoms with Crippen molar-refractivity contribution in [3.8, 4) is 0 Å². The maximum atomic E-state index is 5.92. The van der Waals surface area contributed by atoms with Crippen LogP contribution in [0.5, 0.6) is 0 Å². The number of rotatable bonds is 1. The quantitative estimate of drug-likeness (QED) is 0.536. The van der Waals surface area contributed by atoms with Gasteiger partial charge in [0.25, 0.3) is 0 Å². The Bertz CT molecular complexity index is 386. The molecule has 0 saturated carbocycles. The molecule has 0 aliphatic carbocycles. The lowest BCUT2D eigenvalue weighted by atomic mass is 10.2. The molecule has 3 nitrogen and oxygen atoms in total. The van der Waals surface area contributed by atoms with E-state index in [1.807, 2.05) is 30.3 Å². The van der Waals surface area contributed by atoms with Gasteiger partial charge in [0.15, 0.2) is 5.84 Å². The van der Waals surface area contributed by atoms with E-state index in [1.165, 1.54) is 4.42 Å². The van der Waals surface area contributed by atoms with E-state index in [4.69, 9.17) is 23.4 Å². The predicted molar refractivity (Wildman–Crippen MR) is 58.8 cm³/mol. The van der Waals surface area contributed by atoms with Gasteiger partial charge in [-0.25, -0.2) is 9.41 Å². The molecule has 1 aliphatic rings. The first-order valence-electron chi connectivity index (χ1n) is 4.05. The van der Waals surface area contributed by atoms with Gasteiger partial charge in [-0.05, 0) is 11.6 Å². The second-order valence-electron chi connectivity index (χ2n) is 2.73. The van der Waals surface area contributed by atoms with Crippen LogP contribution < -0.4 is 0 Å². The summed E-state index contributed by atoms with van der Waals surface area (Å²) in [5.41, 5.74) is 0.926. The highest BCUT2D eigenvalue weighted by atomic mass is 35.5. The summed E-state index contributed by atoms with van der Waals surface area (Å²) in [6, 6.07) is 9.61. The number of amidine groups is 2. The van der Waals surface area contributed by atoms with Gasteiger partial charge >= 0.3 is 0 Å². The molecule has 1 aromatic rings. The highest BCUT2D eigenvalue weighted by Crippen LogP contribution is 2.13. The fourth-order valence-electron chi connectivity index (χ4n) is 1.16. The minimum atomic E-state index is 0.237. The monoisotopic (exact) mass is 227 g/mol. The van der Waals surface area contributed by atoms with Crippen molar-refractivity contribution in [1.29, 1.82) is 0 Å². The number of halogens is 2. The van der Waals surface area contributed by atoms with Gasteiger partial charge in [0.05, 0.1) is 0 Å². The van der Waals surface area contributed by atoms with Crippen molar-refractivity contribution in [2.24, 2.45) is 9.98 Å². The van der Waals surface area contributed by atoms with E-state index in [-0.39, 0.29) is 5.29 Å². The third-order valence-corrected chi connectivity index (χ3v) is 2.26. The number of hydrogen-bond donors (Lipinski definition) is 0. The summed E-state index contributed by atoms with van der Waals surface area (Å²) in [5.74, 6) is 0.632. The van der Waals surface area contributed by atoms with Gasteiger partial charge < -0.3 is 0 Å². The summed E-state index contributed by atoms with van der Waals surface area (Å²) in [4.78, 5) is 7.93. The Morgan fingerprint density at radius 1 is 1.21 bits per heavy atom. The molecule has 0 amide bonds. The first-order valence-corrected chi connectivity index (χ1v) is 4.76. The van der Waals surface area contributed by atoms with Crippen molar-refractivity contribution in [2.75, 3.05) is 6.67 Å². The molecule has 0 fully saturated rings. The van der Waals surface area contributed by atoms with Crippen LogP contribution in [0.3, 0.4) is 0 Å². The van der Waals surface area contributed by atoms with Crippen LogP contribution in [-0.2, 0) is 0 Å². The second-order valence-corrected chi connectivity index (χ2v) is 3.48. The van der Waals surface area contributed by atoms with Crippen LogP contribution in [-0.4, -0.2) is 22.2 Å². The van der Waals surface area contributed by atoms with Crippen molar-refractivity contribution in [3.05, 3.63) is 35.9 Å². The molecular formula is C9H7Cl2N3. The number of aliphatic imine (C=N–C) groups is 2. The van der Waals surface area contributed by atoms with E-state index in [0.29, 0.717) is 12.5 Å². The van der Waals surface area contributed by atoms with Crippen LogP contribution in [0.25, 0.3) is 0 Å². The number of benzene rings is 1. The largest absolute Gasteiger partial charge is 0.247 e. The molecular weight excluding hydrogens is 221 g/mol. The fraction of sp³-hybridized carbons (Fsp3) is 0.111. The zero-order valence-corrected chi connectivity index (χ0v) is 8.70. The van der Waals surface area contributed by atoms with Crippen LogP contribution in [0.15, 0.2) is 40.3 Å². The molecule has 14 heavy (non-hydrogen) atoms. The SMILES string of the molecule is ClC1=NCN(Cl)C(c2ccccc2)=N1. The minimum Gasteiger partial charge on any atom is -0.247 e. The maximum absolute atomic E-state index is 5.92. The Balaban J connectivity index is 2.38. The Kier molecular flexibility index (Phi) is 2.70. The van der Waals surface area contributed by atoms with Crippen molar-refractivity contribution in [3.63, 3.8) is 0 Å². The lowest BCUT2D eigenvalue weighted by molar-refractivity contribution is 0.667. The van der Waals surface area contributed by atoms with Crippen LogP contribution >= 0.6 is 23.4 Å². The Morgan fingerprint density at radius 3 is 2.64 bits per heavy atom. The average Bonchev–Trinajstić information content (AvgIpc) is 2.23. The summed E-state index contributed by atoms with van der Waals surface area (Å²) in [7, 11) is 0. The molecule has 0 N–H and O–H groups in total. The average molecular weight is 228 g/mol. The van der Waals surface area contributed by atoms with Crippen molar-refractivity contribution in [2.45, 2.75) is 0 Å². The molecule has 0 radical (unpaired) electrons. The molecule has 0 saturated heterocycles. The zero-order valence-electron chi connectivity index (χ0n) is 7.19. The van der Waals surface area contributed by atoms with Gasteiger partial charge in [-0.1, -0.05) is 30.3 Å². The van der Waals surface area contributed by atoms with Crippen molar-refractivity contribution < 1.29 is 0 Å². The molecule has 0 bridgehead atoms. The lowest BCUT2D eigenvalue weighted by Gasteiger charge is -2.18. The Morgan fingerprint density at radius 2 is 1.93 bits per heavy atom. The van der Waals surface area contributed by atoms with Crippen LogP contribution in [0.1, 0.15) is 5.56 Å². The predicted octanol–water partition coefficient (Wildman–Crippen LogP) is 2.45. The molecule has 1 heterocycles. The van der Waals surface area contributed by atoms with E-state index in [1.54, 1.807) is 0 Å². The van der Waals surface area contributed by atoms with E-state index < -0.39 is 0 Å². The lowest BCUT2D eigenvalue weighted by Crippen LogP contribution is -2.27. The van der Waals surface area contributed by atoms with Gasteiger partial charge in [0, 0.05) is 17.3 Å². The van der Waals surface area contributed by atoms with Crippen molar-refractivity contribution >= 4 is 34.5 Å². The molecule has 72 valence electrons. The molecule has 1 aromatic carbocycles. The Hall–Kier alpha value is -1.06.